The Morgan fingerprint density at radius 2 is 2.00 bits per heavy atom. The fraction of sp³-hybridized carbons (Fsp3) is 0.455. The fourth-order valence-corrected chi connectivity index (χ4v) is 2.82. The van der Waals surface area contributed by atoms with Crippen LogP contribution in [0.25, 0.3) is 0 Å². The van der Waals surface area contributed by atoms with E-state index >= 15 is 0 Å². The van der Waals surface area contributed by atoms with E-state index in [4.69, 9.17) is 5.73 Å². The monoisotopic (exact) mass is 375 g/mol. The molecule has 0 saturated carbocycles. The van der Waals surface area contributed by atoms with Crippen molar-refractivity contribution in [1.29, 1.82) is 0 Å². The Kier molecular flexibility index (Phi) is 4.11. The summed E-state index contributed by atoms with van der Waals surface area (Å²) in [6, 6.07) is 0. The van der Waals surface area contributed by atoms with Gasteiger partial charge in [-0.05, 0) is 45.2 Å². The number of hydrogen-bond acceptors (Lipinski definition) is 3. The molecule has 2 aromatic rings. The van der Waals surface area contributed by atoms with Gasteiger partial charge in [0.05, 0.1) is 26.9 Å². The van der Waals surface area contributed by atoms with Gasteiger partial charge in [-0.25, -0.2) is 0 Å². The topological polar surface area (TPSA) is 61.7 Å². The van der Waals surface area contributed by atoms with Gasteiger partial charge in [0.1, 0.15) is 0 Å². The first-order valence-electron chi connectivity index (χ1n) is 5.79. The van der Waals surface area contributed by atoms with E-state index < -0.39 is 0 Å². The van der Waals surface area contributed by atoms with Crippen molar-refractivity contribution in [3.05, 3.63) is 26.5 Å². The molecule has 5 nitrogen and oxygen atoms in total. The molecule has 0 fully saturated rings. The second kappa shape index (κ2) is 5.44. The summed E-state index contributed by atoms with van der Waals surface area (Å²) < 4.78 is 5.69. The van der Waals surface area contributed by atoms with Gasteiger partial charge in [-0.1, -0.05) is 6.92 Å². The van der Waals surface area contributed by atoms with Gasteiger partial charge in [-0.15, -0.1) is 0 Å². The Morgan fingerprint density at radius 3 is 2.50 bits per heavy atom. The van der Waals surface area contributed by atoms with Crippen molar-refractivity contribution in [3.8, 4) is 0 Å². The van der Waals surface area contributed by atoms with Crippen LogP contribution in [0.15, 0.2) is 15.1 Å². The summed E-state index contributed by atoms with van der Waals surface area (Å²) in [6.45, 7) is 5.66. The molecule has 0 aliphatic heterocycles. The van der Waals surface area contributed by atoms with E-state index in [-0.39, 0.29) is 0 Å². The molecule has 0 amide bonds. The molecule has 0 saturated heterocycles. The Bertz CT molecular complexity index is 539. The third kappa shape index (κ3) is 2.47. The van der Waals surface area contributed by atoms with E-state index in [0.717, 1.165) is 33.3 Å². The number of aryl methyl sites for hydroxylation is 2. The van der Waals surface area contributed by atoms with Gasteiger partial charge in [0, 0.05) is 12.7 Å². The number of rotatable bonds is 4. The summed E-state index contributed by atoms with van der Waals surface area (Å²) >= 11 is 6.98. The molecule has 0 spiro atoms. The van der Waals surface area contributed by atoms with E-state index in [9.17, 15) is 0 Å². The number of anilines is 1. The summed E-state index contributed by atoms with van der Waals surface area (Å²) in [6.07, 6.45) is 2.78. The average Bonchev–Trinajstić information content (AvgIpc) is 2.82. The van der Waals surface area contributed by atoms with Gasteiger partial charge in [-0.3, -0.25) is 9.36 Å². The lowest BCUT2D eigenvalue weighted by atomic mass is 10.3. The maximum atomic E-state index is 5.72. The second-order valence-corrected chi connectivity index (χ2v) is 5.58. The van der Waals surface area contributed by atoms with Crippen LogP contribution in [0.2, 0.25) is 0 Å². The van der Waals surface area contributed by atoms with Crippen LogP contribution in [0.4, 0.5) is 5.82 Å². The van der Waals surface area contributed by atoms with E-state index in [1.807, 2.05) is 15.6 Å². The van der Waals surface area contributed by atoms with Crippen LogP contribution in [0.3, 0.4) is 0 Å². The maximum absolute atomic E-state index is 5.72. The van der Waals surface area contributed by atoms with Crippen molar-refractivity contribution in [1.82, 2.24) is 19.6 Å². The zero-order valence-corrected chi connectivity index (χ0v) is 13.5. The van der Waals surface area contributed by atoms with E-state index in [1.54, 1.807) is 0 Å². The highest BCUT2D eigenvalue weighted by atomic mass is 79.9. The third-order valence-electron chi connectivity index (χ3n) is 2.75. The average molecular weight is 377 g/mol. The lowest BCUT2D eigenvalue weighted by Crippen LogP contribution is -2.09. The first kappa shape index (κ1) is 13.6. The number of nitrogens with zero attached hydrogens (tertiary/aromatic N) is 4. The van der Waals surface area contributed by atoms with Crippen molar-refractivity contribution < 1.29 is 0 Å². The highest BCUT2D eigenvalue weighted by molar-refractivity contribution is 9.11. The van der Waals surface area contributed by atoms with Crippen LogP contribution >= 0.6 is 31.9 Å². The predicted octanol–water partition coefficient (Wildman–Crippen LogP) is 2.82. The lowest BCUT2D eigenvalue weighted by Gasteiger charge is -2.05. The Morgan fingerprint density at radius 1 is 1.28 bits per heavy atom. The SMILES string of the molecule is CCc1nn(CC)c(Cn2cc(Br)c(N)n2)c1Br. The summed E-state index contributed by atoms with van der Waals surface area (Å²) in [5.74, 6) is 0.504. The lowest BCUT2D eigenvalue weighted by molar-refractivity contribution is 0.573. The first-order chi connectivity index (χ1) is 8.56. The van der Waals surface area contributed by atoms with Crippen LogP contribution in [0.5, 0.6) is 0 Å². The van der Waals surface area contributed by atoms with Gasteiger partial charge in [-0.2, -0.15) is 10.2 Å². The van der Waals surface area contributed by atoms with Crippen molar-refractivity contribution in [2.75, 3.05) is 5.73 Å². The van der Waals surface area contributed by atoms with Crippen molar-refractivity contribution in [2.45, 2.75) is 33.4 Å². The second-order valence-electron chi connectivity index (χ2n) is 3.94. The van der Waals surface area contributed by atoms with Gasteiger partial charge in [0.15, 0.2) is 5.82 Å². The highest BCUT2D eigenvalue weighted by Gasteiger charge is 2.15. The van der Waals surface area contributed by atoms with Gasteiger partial charge < -0.3 is 5.73 Å². The summed E-state index contributed by atoms with van der Waals surface area (Å²) in [7, 11) is 0. The number of halogens is 2. The molecule has 0 aromatic carbocycles. The number of hydrogen-bond donors (Lipinski definition) is 1. The van der Waals surface area contributed by atoms with E-state index in [1.165, 1.54) is 0 Å². The van der Waals surface area contributed by atoms with E-state index in [0.29, 0.717) is 12.4 Å². The van der Waals surface area contributed by atoms with Gasteiger partial charge in [0.25, 0.3) is 0 Å². The largest absolute Gasteiger partial charge is 0.381 e. The van der Waals surface area contributed by atoms with Crippen molar-refractivity contribution >= 4 is 37.7 Å². The van der Waals surface area contributed by atoms with Crippen LogP contribution in [-0.2, 0) is 19.5 Å². The minimum Gasteiger partial charge on any atom is -0.381 e. The summed E-state index contributed by atoms with van der Waals surface area (Å²) in [4.78, 5) is 0. The van der Waals surface area contributed by atoms with Crippen molar-refractivity contribution in [2.24, 2.45) is 0 Å². The quantitative estimate of drug-likeness (QED) is 0.892. The van der Waals surface area contributed by atoms with E-state index in [2.05, 4.69) is 55.9 Å². The molecule has 7 heteroatoms. The molecule has 2 N–H and O–H groups in total. The number of nitrogen functional groups attached to an aromatic ring is 1. The van der Waals surface area contributed by atoms with Gasteiger partial charge >= 0.3 is 0 Å². The molecule has 0 aliphatic carbocycles. The van der Waals surface area contributed by atoms with Crippen LogP contribution in [0.1, 0.15) is 25.2 Å². The standard InChI is InChI=1S/C11H15Br2N5/c1-3-8-10(13)9(18(4-2)15-8)6-17-5-7(12)11(14)16-17/h5H,3-4,6H2,1-2H3,(H2,14,16). The summed E-state index contributed by atoms with van der Waals surface area (Å²) in [5.41, 5.74) is 7.91. The Labute approximate surface area is 123 Å². The van der Waals surface area contributed by atoms with Crippen LogP contribution < -0.4 is 5.73 Å². The Balaban J connectivity index is 2.35. The molecule has 0 atom stereocenters. The molecule has 18 heavy (non-hydrogen) atoms. The minimum atomic E-state index is 0.504. The van der Waals surface area contributed by atoms with Gasteiger partial charge in [0.2, 0.25) is 0 Å². The molecule has 2 rings (SSSR count). The van der Waals surface area contributed by atoms with Crippen LogP contribution in [-0.4, -0.2) is 19.6 Å². The number of aromatic nitrogens is 4. The maximum Gasteiger partial charge on any atom is 0.159 e. The fourth-order valence-electron chi connectivity index (χ4n) is 1.81. The molecular weight excluding hydrogens is 362 g/mol. The minimum absolute atomic E-state index is 0.504. The molecule has 2 aromatic heterocycles. The van der Waals surface area contributed by atoms with Crippen molar-refractivity contribution in [3.63, 3.8) is 0 Å². The summed E-state index contributed by atoms with van der Waals surface area (Å²) in [5, 5.41) is 8.80. The molecular formula is C11H15Br2N5. The number of nitrogens with two attached hydrogens (primary N) is 1. The molecule has 98 valence electrons. The molecule has 2 heterocycles. The van der Waals surface area contributed by atoms with Crippen LogP contribution in [0, 0.1) is 0 Å². The smallest absolute Gasteiger partial charge is 0.159 e. The third-order valence-corrected chi connectivity index (χ3v) is 4.28. The zero-order valence-electron chi connectivity index (χ0n) is 10.3. The zero-order chi connectivity index (χ0) is 13.3. The normalized spacial score (nSPS) is 11.1. The molecule has 0 aliphatic rings. The predicted molar refractivity (Wildman–Crippen MR) is 78.4 cm³/mol. The molecule has 0 bridgehead atoms. The first-order valence-corrected chi connectivity index (χ1v) is 7.37. The molecule has 0 unspecified atom stereocenters. The Hall–Kier alpha value is -0.820. The molecule has 0 radical (unpaired) electrons. The highest BCUT2D eigenvalue weighted by Crippen LogP contribution is 2.24.